The van der Waals surface area contributed by atoms with Gasteiger partial charge in [-0.3, -0.25) is 9.63 Å². The van der Waals surface area contributed by atoms with Gasteiger partial charge in [0.15, 0.2) is 0 Å². The molecule has 0 amide bonds. The Balaban J connectivity index is 3.10. The van der Waals surface area contributed by atoms with Crippen LogP contribution in [0.1, 0.15) is 0 Å². The molecular weight excluding hydrogens is 129 g/mol. The molecule has 0 radical (unpaired) electrons. The predicted molar refractivity (Wildman–Crippen MR) is 28.0 cm³/mol. The molecule has 6 nitrogen and oxygen atoms in total. The van der Waals surface area contributed by atoms with E-state index in [1.807, 2.05) is 0 Å². The van der Waals surface area contributed by atoms with Gasteiger partial charge in [0, 0.05) is 0 Å². The third-order valence-corrected chi connectivity index (χ3v) is 0.420. The summed E-state index contributed by atoms with van der Waals surface area (Å²) >= 11 is 0. The molecule has 0 fully saturated rings. The van der Waals surface area contributed by atoms with Crippen molar-refractivity contribution < 1.29 is 19.5 Å². The van der Waals surface area contributed by atoms with Crippen LogP contribution in [0, 0.1) is 10.1 Å². The van der Waals surface area contributed by atoms with E-state index in [4.69, 9.17) is 0 Å². The Hall–Kier alpha value is -1.27. The third-order valence-electron chi connectivity index (χ3n) is 0.420. The van der Waals surface area contributed by atoms with Crippen molar-refractivity contribution in [2.45, 2.75) is 0 Å². The Labute approximate surface area is 51.3 Å². The number of carbonyl (C=O) groups excluding carboxylic acids is 1. The van der Waals surface area contributed by atoms with Gasteiger partial charge >= 0.3 is 0 Å². The van der Waals surface area contributed by atoms with Crippen LogP contribution in [0.15, 0.2) is 0 Å². The summed E-state index contributed by atoms with van der Waals surface area (Å²) in [5.41, 5.74) is 0. The molecule has 0 atom stereocenters. The van der Waals surface area contributed by atoms with Gasteiger partial charge < -0.3 is 4.74 Å². The van der Waals surface area contributed by atoms with Crippen molar-refractivity contribution in [2.75, 3.05) is 6.79 Å². The number of nitrogens with zero attached hydrogens (tertiary/aromatic N) is 1. The molecule has 0 aliphatic heterocycles. The highest BCUT2D eigenvalue weighted by Crippen LogP contribution is 1.77. The van der Waals surface area contributed by atoms with Crippen LogP contribution in [0.25, 0.3) is 0 Å². The van der Waals surface area contributed by atoms with Crippen LogP contribution in [0.5, 0.6) is 0 Å². The van der Waals surface area contributed by atoms with E-state index >= 15 is 0 Å². The van der Waals surface area contributed by atoms with Crippen LogP contribution in [0.2, 0.25) is 0 Å². The molecule has 0 aromatic carbocycles. The zero-order valence-corrected chi connectivity index (χ0v) is 4.70. The van der Waals surface area contributed by atoms with Crippen molar-refractivity contribution in [2.24, 2.45) is 0 Å². The number of ether oxygens (including phenoxy) is 1. The summed E-state index contributed by atoms with van der Waals surface area (Å²) in [4.78, 5) is 22.9. The average Bonchev–Trinajstić information content (AvgIpc) is 1.63. The molecule has 9 heavy (non-hydrogen) atoms. The molecular formula is C2H4BNO5. The molecule has 7 heteroatoms. The maximum Gasteiger partial charge on any atom is 0.297 e. The third kappa shape index (κ3) is 6.73. The van der Waals surface area contributed by atoms with Gasteiger partial charge in [0.25, 0.3) is 5.09 Å². The summed E-state index contributed by atoms with van der Waals surface area (Å²) in [6.07, 6.45) is 0. The molecule has 0 saturated carbocycles. The molecule has 0 bridgehead atoms. The molecule has 0 aromatic heterocycles. The van der Waals surface area contributed by atoms with Crippen molar-refractivity contribution >= 4 is 13.7 Å². The summed E-state index contributed by atoms with van der Waals surface area (Å²) in [5.74, 6) is -0.614. The van der Waals surface area contributed by atoms with Gasteiger partial charge in [0.2, 0.25) is 20.5 Å². The zero-order chi connectivity index (χ0) is 7.28. The second-order valence-corrected chi connectivity index (χ2v) is 1.11. The minimum atomic E-state index is -1.04. The van der Waals surface area contributed by atoms with Gasteiger partial charge in [-0.05, 0) is 0 Å². The van der Waals surface area contributed by atoms with E-state index in [0.717, 1.165) is 7.85 Å². The maximum absolute atomic E-state index is 9.90. The smallest absolute Gasteiger partial charge is 0.297 e. The Kier molecular flexibility index (Phi) is 3.18. The lowest BCUT2D eigenvalue weighted by molar-refractivity contribution is -0.765. The Bertz CT molecular complexity index is 110. The topological polar surface area (TPSA) is 78.7 Å². The van der Waals surface area contributed by atoms with Gasteiger partial charge in [-0.2, -0.15) is 0 Å². The maximum atomic E-state index is 9.90. The van der Waals surface area contributed by atoms with Crippen LogP contribution >= 0.6 is 0 Å². The average molecular weight is 133 g/mol. The highest BCUT2D eigenvalue weighted by atomic mass is 17.0. The fraction of sp³-hybridized carbons (Fsp3) is 0.500. The van der Waals surface area contributed by atoms with E-state index in [1.165, 1.54) is 0 Å². The molecule has 0 heterocycles. The van der Waals surface area contributed by atoms with Gasteiger partial charge in [-0.1, -0.05) is 0 Å². The molecule has 0 aromatic rings. The second kappa shape index (κ2) is 3.70. The SMILES string of the molecule is BC(=O)OCO[N+](=O)[O-]. The Morgan fingerprint density at radius 1 is 1.78 bits per heavy atom. The lowest BCUT2D eigenvalue weighted by Crippen LogP contribution is -2.09. The van der Waals surface area contributed by atoms with Crippen LogP contribution in [-0.2, 0) is 9.57 Å². The number of hydrogen-bond acceptors (Lipinski definition) is 5. The summed E-state index contributed by atoms with van der Waals surface area (Å²) in [5, 5.41) is 8.33. The van der Waals surface area contributed by atoms with E-state index < -0.39 is 17.7 Å². The van der Waals surface area contributed by atoms with Crippen molar-refractivity contribution in [3.05, 3.63) is 10.1 Å². The summed E-state index contributed by atoms with van der Waals surface area (Å²) in [7, 11) is 1.13. The van der Waals surface area contributed by atoms with Gasteiger partial charge in [0.1, 0.15) is 0 Å². The van der Waals surface area contributed by atoms with E-state index in [1.54, 1.807) is 0 Å². The molecule has 0 rings (SSSR count). The predicted octanol–water partition coefficient (Wildman–Crippen LogP) is -1.08. The van der Waals surface area contributed by atoms with Crippen molar-refractivity contribution in [3.63, 3.8) is 0 Å². The lowest BCUT2D eigenvalue weighted by atomic mass is 10.2. The number of hydrogen-bond donors (Lipinski definition) is 0. The van der Waals surface area contributed by atoms with E-state index in [2.05, 4.69) is 9.57 Å². The quantitative estimate of drug-likeness (QED) is 0.212. The highest BCUT2D eigenvalue weighted by molar-refractivity contribution is 6.55. The van der Waals surface area contributed by atoms with E-state index in [9.17, 15) is 14.9 Å². The second-order valence-electron chi connectivity index (χ2n) is 1.11. The first-order valence-electron chi connectivity index (χ1n) is 2.03. The van der Waals surface area contributed by atoms with Gasteiger partial charge in [0.05, 0.1) is 0 Å². The minimum absolute atomic E-state index is 0.614. The van der Waals surface area contributed by atoms with Crippen molar-refractivity contribution in [1.82, 2.24) is 0 Å². The first-order chi connectivity index (χ1) is 4.13. The first kappa shape index (κ1) is 7.73. The number of rotatable bonds is 3. The summed E-state index contributed by atoms with van der Waals surface area (Å²) < 4.78 is 4.05. The standard InChI is InChI=1S/C2H4BNO5/c3-2(5)8-1-9-4(6)7/h1,3H2. The summed E-state index contributed by atoms with van der Waals surface area (Å²) in [6, 6.07) is 0. The van der Waals surface area contributed by atoms with Crippen molar-refractivity contribution in [3.8, 4) is 0 Å². The fourth-order valence-corrected chi connectivity index (χ4v) is 0.152. The molecule has 0 saturated heterocycles. The minimum Gasteiger partial charge on any atom is -0.446 e. The monoisotopic (exact) mass is 133 g/mol. The number of carbonyl (C=O) groups is 1. The zero-order valence-electron chi connectivity index (χ0n) is 4.70. The molecule has 0 spiro atoms. The highest BCUT2D eigenvalue weighted by Gasteiger charge is 1.94. The van der Waals surface area contributed by atoms with Crippen LogP contribution in [0.4, 0.5) is 4.79 Å². The van der Waals surface area contributed by atoms with E-state index in [-0.39, 0.29) is 0 Å². The molecule has 0 unspecified atom stereocenters. The normalized spacial score (nSPS) is 8.00. The Morgan fingerprint density at radius 2 is 2.33 bits per heavy atom. The lowest BCUT2D eigenvalue weighted by Gasteiger charge is -1.96. The van der Waals surface area contributed by atoms with Crippen LogP contribution in [0.3, 0.4) is 0 Å². The van der Waals surface area contributed by atoms with Crippen molar-refractivity contribution in [1.29, 1.82) is 0 Å². The van der Waals surface area contributed by atoms with Gasteiger partial charge in [-0.25, -0.2) is 0 Å². The van der Waals surface area contributed by atoms with Gasteiger partial charge in [-0.15, -0.1) is 10.1 Å². The largest absolute Gasteiger partial charge is 0.446 e. The first-order valence-corrected chi connectivity index (χ1v) is 2.03. The molecule has 50 valence electrons. The Morgan fingerprint density at radius 3 is 2.67 bits per heavy atom. The summed E-state index contributed by atoms with van der Waals surface area (Å²) in [6.45, 7) is -0.637. The molecule has 0 N–H and O–H groups in total. The molecule has 0 aliphatic rings. The van der Waals surface area contributed by atoms with E-state index in [0.29, 0.717) is 0 Å². The van der Waals surface area contributed by atoms with Crippen LogP contribution < -0.4 is 0 Å². The fourth-order valence-electron chi connectivity index (χ4n) is 0.152. The van der Waals surface area contributed by atoms with Crippen LogP contribution in [-0.4, -0.2) is 25.6 Å². The molecule has 0 aliphatic carbocycles.